The van der Waals surface area contributed by atoms with Crippen LogP contribution in [0.5, 0.6) is 0 Å². The molecule has 0 bridgehead atoms. The maximum absolute atomic E-state index is 12.0. The molecule has 128 valence electrons. The molecule has 0 aliphatic heterocycles. The lowest BCUT2D eigenvalue weighted by Gasteiger charge is -2.21. The average molecular weight is 393 g/mol. The first-order valence-corrected chi connectivity index (χ1v) is 8.54. The van der Waals surface area contributed by atoms with Crippen molar-refractivity contribution in [3.05, 3.63) is 70.2 Å². The summed E-state index contributed by atoms with van der Waals surface area (Å²) in [7, 11) is 1.33. The number of hydrogen-bond acceptors (Lipinski definition) is 4. The molecule has 2 aromatic rings. The van der Waals surface area contributed by atoms with Crippen molar-refractivity contribution in [3.8, 4) is 0 Å². The fraction of sp³-hybridized carbons (Fsp3) is 0.316. The molecule has 0 unspecified atom stereocenters. The zero-order chi connectivity index (χ0) is 17.4. The van der Waals surface area contributed by atoms with Crippen molar-refractivity contribution in [2.75, 3.05) is 13.7 Å². The highest BCUT2D eigenvalue weighted by Gasteiger charge is 2.28. The van der Waals surface area contributed by atoms with E-state index in [-0.39, 0.29) is 0 Å². The highest BCUT2D eigenvalue weighted by atomic mass is 79.9. The Balaban J connectivity index is 1.92. The monoisotopic (exact) mass is 392 g/mol. The zero-order valence-electron chi connectivity index (χ0n) is 13.5. The van der Waals surface area contributed by atoms with Crippen LogP contribution in [0.3, 0.4) is 0 Å². The summed E-state index contributed by atoms with van der Waals surface area (Å²) in [4.78, 5) is 12.0. The molecule has 0 saturated carbocycles. The summed E-state index contributed by atoms with van der Waals surface area (Å²) in [6.07, 6.45) is -0.539. The molecule has 2 rings (SSSR count). The fourth-order valence-corrected chi connectivity index (χ4v) is 2.69. The van der Waals surface area contributed by atoms with Gasteiger partial charge in [-0.1, -0.05) is 58.4 Å². The molecular weight excluding hydrogens is 372 g/mol. The summed E-state index contributed by atoms with van der Waals surface area (Å²) >= 11 is 3.35. The van der Waals surface area contributed by atoms with Gasteiger partial charge in [-0.25, -0.2) is 0 Å². The lowest BCUT2D eigenvalue weighted by atomic mass is 9.93. The van der Waals surface area contributed by atoms with Crippen molar-refractivity contribution in [2.45, 2.75) is 19.1 Å². The number of carbonyl (C=O) groups is 1. The van der Waals surface area contributed by atoms with Crippen LogP contribution in [-0.4, -0.2) is 24.8 Å². The standard InChI is InChI=1S/C19H21BrO4/c1-23-19(22)17(18(21)15-7-9-16(20)10-8-15)11-12-24-13-14-5-3-2-4-6-14/h2-10,17-18,21H,11-13H2,1H3/t17-,18-/m1/s1. The second kappa shape index (κ2) is 9.57. The van der Waals surface area contributed by atoms with Crippen molar-refractivity contribution < 1.29 is 19.4 Å². The van der Waals surface area contributed by atoms with Crippen LogP contribution < -0.4 is 0 Å². The molecule has 0 spiro atoms. The fourth-order valence-electron chi connectivity index (χ4n) is 2.42. The van der Waals surface area contributed by atoms with Crippen LogP contribution in [0.25, 0.3) is 0 Å². The first kappa shape index (κ1) is 18.6. The van der Waals surface area contributed by atoms with Crippen LogP contribution in [0.15, 0.2) is 59.1 Å². The third-order valence-corrected chi connectivity index (χ3v) is 4.31. The first-order valence-electron chi connectivity index (χ1n) is 7.75. The third-order valence-electron chi connectivity index (χ3n) is 3.78. The number of esters is 1. The molecule has 5 heteroatoms. The number of aliphatic hydroxyl groups excluding tert-OH is 1. The Labute approximate surface area is 150 Å². The molecular formula is C19H21BrO4. The normalized spacial score (nSPS) is 13.3. The van der Waals surface area contributed by atoms with E-state index in [1.807, 2.05) is 42.5 Å². The number of halogens is 1. The molecule has 4 nitrogen and oxygen atoms in total. The minimum Gasteiger partial charge on any atom is -0.469 e. The second-order valence-electron chi connectivity index (χ2n) is 5.45. The van der Waals surface area contributed by atoms with Gasteiger partial charge < -0.3 is 14.6 Å². The molecule has 0 radical (unpaired) electrons. The minimum atomic E-state index is -0.925. The summed E-state index contributed by atoms with van der Waals surface area (Å²) in [5.41, 5.74) is 1.75. The summed E-state index contributed by atoms with van der Waals surface area (Å²) in [6.45, 7) is 0.839. The van der Waals surface area contributed by atoms with Crippen molar-refractivity contribution in [3.63, 3.8) is 0 Å². The Kier molecular flexibility index (Phi) is 7.43. The van der Waals surface area contributed by atoms with E-state index in [2.05, 4.69) is 15.9 Å². The summed E-state index contributed by atoms with van der Waals surface area (Å²) in [6, 6.07) is 17.1. The third kappa shape index (κ3) is 5.44. The summed E-state index contributed by atoms with van der Waals surface area (Å²) < 4.78 is 11.4. The van der Waals surface area contributed by atoms with Gasteiger partial charge in [0.25, 0.3) is 0 Å². The Morgan fingerprint density at radius 1 is 1.12 bits per heavy atom. The number of rotatable bonds is 8. The number of aliphatic hydroxyl groups is 1. The van der Waals surface area contributed by atoms with Gasteiger partial charge in [0.05, 0.1) is 25.7 Å². The van der Waals surface area contributed by atoms with Crippen molar-refractivity contribution >= 4 is 21.9 Å². The number of methoxy groups -OCH3 is 1. The first-order chi connectivity index (χ1) is 11.6. The molecule has 0 aliphatic rings. The molecule has 0 fully saturated rings. The van der Waals surface area contributed by atoms with Gasteiger partial charge in [-0.05, 0) is 29.7 Å². The molecule has 0 saturated heterocycles. The highest BCUT2D eigenvalue weighted by Crippen LogP contribution is 2.27. The van der Waals surface area contributed by atoms with Crippen LogP contribution in [0.1, 0.15) is 23.7 Å². The molecule has 2 aromatic carbocycles. The van der Waals surface area contributed by atoms with Gasteiger partial charge in [-0.3, -0.25) is 4.79 Å². The van der Waals surface area contributed by atoms with E-state index < -0.39 is 18.0 Å². The largest absolute Gasteiger partial charge is 0.469 e. The van der Waals surface area contributed by atoms with E-state index in [1.165, 1.54) is 7.11 Å². The number of ether oxygens (including phenoxy) is 2. The maximum atomic E-state index is 12.0. The SMILES string of the molecule is COC(=O)[C@H](CCOCc1ccccc1)[C@H](O)c1ccc(Br)cc1. The Morgan fingerprint density at radius 3 is 2.42 bits per heavy atom. The van der Waals surface area contributed by atoms with Gasteiger partial charge in [0.2, 0.25) is 0 Å². The molecule has 0 heterocycles. The number of carbonyl (C=O) groups excluding carboxylic acids is 1. The molecule has 2 atom stereocenters. The van der Waals surface area contributed by atoms with E-state index in [1.54, 1.807) is 12.1 Å². The second-order valence-corrected chi connectivity index (χ2v) is 6.37. The van der Waals surface area contributed by atoms with Gasteiger partial charge in [-0.2, -0.15) is 0 Å². The predicted octanol–water partition coefficient (Wildman–Crippen LogP) is 3.88. The van der Waals surface area contributed by atoms with Gasteiger partial charge in [0.15, 0.2) is 0 Å². The Hall–Kier alpha value is -1.69. The van der Waals surface area contributed by atoms with Gasteiger partial charge in [-0.15, -0.1) is 0 Å². The lowest BCUT2D eigenvalue weighted by molar-refractivity contribution is -0.150. The molecule has 1 N–H and O–H groups in total. The van der Waals surface area contributed by atoms with E-state index >= 15 is 0 Å². The van der Waals surface area contributed by atoms with Crippen molar-refractivity contribution in [2.24, 2.45) is 5.92 Å². The predicted molar refractivity (Wildman–Crippen MR) is 95.3 cm³/mol. The number of benzene rings is 2. The van der Waals surface area contributed by atoms with Crippen LogP contribution >= 0.6 is 15.9 Å². The van der Waals surface area contributed by atoms with E-state index in [0.29, 0.717) is 25.2 Å². The van der Waals surface area contributed by atoms with Crippen molar-refractivity contribution in [1.29, 1.82) is 0 Å². The Bertz CT molecular complexity index is 628. The zero-order valence-corrected chi connectivity index (χ0v) is 15.1. The van der Waals surface area contributed by atoms with E-state index in [0.717, 1.165) is 10.0 Å². The summed E-state index contributed by atoms with van der Waals surface area (Å²) in [5, 5.41) is 10.5. The molecule has 24 heavy (non-hydrogen) atoms. The quantitative estimate of drug-likeness (QED) is 0.546. The van der Waals surface area contributed by atoms with Crippen LogP contribution in [0.2, 0.25) is 0 Å². The van der Waals surface area contributed by atoms with Crippen LogP contribution in [0.4, 0.5) is 0 Å². The maximum Gasteiger partial charge on any atom is 0.311 e. The smallest absolute Gasteiger partial charge is 0.311 e. The average Bonchev–Trinajstić information content (AvgIpc) is 2.62. The van der Waals surface area contributed by atoms with Crippen molar-refractivity contribution in [1.82, 2.24) is 0 Å². The van der Waals surface area contributed by atoms with Gasteiger partial charge in [0.1, 0.15) is 0 Å². The van der Waals surface area contributed by atoms with E-state index in [4.69, 9.17) is 9.47 Å². The molecule has 0 amide bonds. The van der Waals surface area contributed by atoms with Crippen LogP contribution in [-0.2, 0) is 20.9 Å². The summed E-state index contributed by atoms with van der Waals surface area (Å²) in [5.74, 6) is -1.10. The van der Waals surface area contributed by atoms with Crippen LogP contribution in [0, 0.1) is 5.92 Å². The topological polar surface area (TPSA) is 55.8 Å². The lowest BCUT2D eigenvalue weighted by Crippen LogP contribution is -2.25. The molecule has 0 aromatic heterocycles. The Morgan fingerprint density at radius 2 is 1.79 bits per heavy atom. The number of hydrogen-bond donors (Lipinski definition) is 1. The highest BCUT2D eigenvalue weighted by molar-refractivity contribution is 9.10. The van der Waals surface area contributed by atoms with Gasteiger partial charge in [0, 0.05) is 11.1 Å². The van der Waals surface area contributed by atoms with Gasteiger partial charge >= 0.3 is 5.97 Å². The minimum absolute atomic E-state index is 0.363. The van der Waals surface area contributed by atoms with E-state index in [9.17, 15) is 9.90 Å². The molecule has 0 aliphatic carbocycles.